The minimum Gasteiger partial charge on any atom is -0.460 e. The van der Waals surface area contributed by atoms with Gasteiger partial charge >= 0.3 is 0 Å². The Labute approximate surface area is 229 Å². The van der Waals surface area contributed by atoms with Crippen LogP contribution in [0.5, 0.6) is 0 Å². The number of furan rings is 1. The van der Waals surface area contributed by atoms with Gasteiger partial charge in [-0.3, -0.25) is 9.69 Å². The van der Waals surface area contributed by atoms with Crippen LogP contribution < -0.4 is 10.6 Å². The van der Waals surface area contributed by atoms with Crippen LogP contribution in [0.1, 0.15) is 52.2 Å². The Morgan fingerprint density at radius 3 is 2.70 bits per heavy atom. The highest BCUT2D eigenvalue weighted by Gasteiger charge is 2.46. The monoisotopic (exact) mass is 551 g/mol. The number of carbonyl (C=O) groups excluding carboxylic acids is 1. The van der Waals surface area contributed by atoms with Crippen molar-refractivity contribution in [2.45, 2.75) is 56.0 Å². The third-order valence-electron chi connectivity index (χ3n) is 6.36. The van der Waals surface area contributed by atoms with Gasteiger partial charge in [0, 0.05) is 28.5 Å². The minimum atomic E-state index is -0.714. The van der Waals surface area contributed by atoms with Crippen molar-refractivity contribution in [3.8, 4) is 17.4 Å². The van der Waals surface area contributed by atoms with Crippen LogP contribution in [-0.2, 0) is 4.79 Å². The number of thioether (sulfide) groups is 1. The number of nitrogens with two attached hydrogens (primary N) is 1. The molecule has 7 nitrogen and oxygen atoms in total. The summed E-state index contributed by atoms with van der Waals surface area (Å²) >= 11 is 9.40. The van der Waals surface area contributed by atoms with E-state index in [4.69, 9.17) is 21.8 Å². The predicted octanol–water partition coefficient (Wildman–Crippen LogP) is 6.89. The van der Waals surface area contributed by atoms with E-state index < -0.39 is 5.92 Å². The van der Waals surface area contributed by atoms with Crippen LogP contribution in [0.2, 0.25) is 5.02 Å². The Balaban J connectivity index is 1.67. The summed E-state index contributed by atoms with van der Waals surface area (Å²) in [6, 6.07) is 13.3. The van der Waals surface area contributed by atoms with Crippen LogP contribution in [0.4, 0.5) is 5.13 Å². The van der Waals surface area contributed by atoms with E-state index in [0.717, 1.165) is 15.6 Å². The number of nitriles is 1. The van der Waals surface area contributed by atoms with Crippen molar-refractivity contribution in [3.63, 3.8) is 0 Å². The van der Waals surface area contributed by atoms with Crippen LogP contribution in [0.15, 0.2) is 67.8 Å². The maximum absolute atomic E-state index is 13.7. The van der Waals surface area contributed by atoms with E-state index in [0.29, 0.717) is 45.3 Å². The molecule has 37 heavy (non-hydrogen) atoms. The molecule has 2 aromatic heterocycles. The number of hydrogen-bond acceptors (Lipinski definition) is 9. The van der Waals surface area contributed by atoms with E-state index in [9.17, 15) is 10.1 Å². The molecular formula is C27H26ClN5O2S2. The van der Waals surface area contributed by atoms with E-state index in [1.54, 1.807) is 28.8 Å². The highest BCUT2D eigenvalue weighted by Crippen LogP contribution is 2.51. The molecule has 5 rings (SSSR count). The molecule has 0 saturated heterocycles. The lowest BCUT2D eigenvalue weighted by Gasteiger charge is -2.42. The smallest absolute Gasteiger partial charge is 0.219 e. The summed E-state index contributed by atoms with van der Waals surface area (Å²) in [5.74, 6) is 0.531. The fourth-order valence-electron chi connectivity index (χ4n) is 4.87. The van der Waals surface area contributed by atoms with Crippen molar-refractivity contribution in [2.24, 2.45) is 11.1 Å². The summed E-state index contributed by atoms with van der Waals surface area (Å²) in [7, 11) is 0. The maximum Gasteiger partial charge on any atom is 0.219 e. The Kier molecular flexibility index (Phi) is 6.69. The second-order valence-electron chi connectivity index (χ2n) is 10.2. The molecule has 2 N–H and O–H groups in total. The fourth-order valence-corrected chi connectivity index (χ4v) is 7.20. The zero-order valence-electron chi connectivity index (χ0n) is 20.9. The quantitative estimate of drug-likeness (QED) is 0.341. The highest BCUT2D eigenvalue weighted by molar-refractivity contribution is 8.01. The predicted molar refractivity (Wildman–Crippen MR) is 147 cm³/mol. The number of rotatable bonds is 5. The fraction of sp³-hybridized carbons (Fsp3) is 0.333. The molecule has 0 radical (unpaired) electrons. The number of Topliss-reactive ketones (excluding diaryl/α,β-unsaturated/α-hetero) is 1. The van der Waals surface area contributed by atoms with Crippen LogP contribution in [0, 0.1) is 16.7 Å². The Morgan fingerprint density at radius 1 is 1.24 bits per heavy atom. The summed E-state index contributed by atoms with van der Waals surface area (Å²) in [4.78, 5) is 15.5. The molecule has 0 fully saturated rings. The molecule has 0 spiro atoms. The first-order valence-corrected chi connectivity index (χ1v) is 14.0. The first-order chi connectivity index (χ1) is 17.6. The number of aromatic nitrogens is 2. The molecular weight excluding hydrogens is 526 g/mol. The zero-order chi connectivity index (χ0) is 26.5. The van der Waals surface area contributed by atoms with Gasteiger partial charge in [-0.05, 0) is 36.1 Å². The van der Waals surface area contributed by atoms with Gasteiger partial charge in [0.1, 0.15) is 17.3 Å². The van der Waals surface area contributed by atoms with Gasteiger partial charge in [-0.15, -0.1) is 10.2 Å². The number of hydrogen-bond donors (Lipinski definition) is 1. The average molecular weight is 552 g/mol. The molecule has 2 aliphatic rings. The summed E-state index contributed by atoms with van der Waals surface area (Å²) in [6.07, 6.45) is 0.950. The van der Waals surface area contributed by atoms with Gasteiger partial charge in [0.05, 0.1) is 22.6 Å². The van der Waals surface area contributed by atoms with Crippen molar-refractivity contribution in [1.82, 2.24) is 10.2 Å². The molecule has 1 aliphatic carbocycles. The number of allylic oxidation sites excluding steroid dienone is 3. The highest BCUT2D eigenvalue weighted by atomic mass is 35.5. The number of carbonyl (C=O) groups is 1. The van der Waals surface area contributed by atoms with Gasteiger partial charge < -0.3 is 10.2 Å². The Bertz CT molecular complexity index is 1490. The second-order valence-corrected chi connectivity index (χ2v) is 13.4. The first-order valence-electron chi connectivity index (χ1n) is 11.9. The van der Waals surface area contributed by atoms with Gasteiger partial charge in [0.15, 0.2) is 10.1 Å². The summed E-state index contributed by atoms with van der Waals surface area (Å²) < 4.78 is 7.05. The van der Waals surface area contributed by atoms with Crippen LogP contribution in [0.3, 0.4) is 0 Å². The van der Waals surface area contributed by atoms with Gasteiger partial charge in [-0.2, -0.15) is 5.26 Å². The molecule has 3 aromatic rings. The number of anilines is 1. The van der Waals surface area contributed by atoms with Crippen molar-refractivity contribution in [3.05, 3.63) is 69.8 Å². The summed E-state index contributed by atoms with van der Waals surface area (Å²) in [5.41, 5.74) is 8.67. The standard InChI is InChI=1S/C27H26ClN5O2S2/c1-14(2)36-26-32-31-25(37-26)33-18-11-27(3,4)12-19(34)23(18)22(16(13-29)24(33)30)21-10-9-20(35-21)15-7-5-6-8-17(15)28/h5-10,14,22H,11-12,30H2,1-4H3/t22-/m1/s1. The molecule has 0 saturated carbocycles. The molecule has 0 amide bonds. The Hall–Kier alpha value is -3.06. The van der Waals surface area contributed by atoms with E-state index in [-0.39, 0.29) is 22.6 Å². The average Bonchev–Trinajstić information content (AvgIpc) is 3.47. The number of ketones is 1. The molecule has 1 aliphatic heterocycles. The van der Waals surface area contributed by atoms with Gasteiger partial charge in [0.25, 0.3) is 0 Å². The van der Waals surface area contributed by atoms with E-state index >= 15 is 0 Å². The zero-order valence-corrected chi connectivity index (χ0v) is 23.3. The van der Waals surface area contributed by atoms with Gasteiger partial charge in [-0.1, -0.05) is 74.5 Å². The summed E-state index contributed by atoms with van der Waals surface area (Å²) in [6.45, 7) is 8.29. The lowest BCUT2D eigenvalue weighted by Crippen LogP contribution is -2.42. The topological polar surface area (TPSA) is 109 Å². The molecule has 10 heteroatoms. The minimum absolute atomic E-state index is 0.0292. The van der Waals surface area contributed by atoms with Crippen LogP contribution in [0.25, 0.3) is 11.3 Å². The van der Waals surface area contributed by atoms with E-state index in [1.165, 1.54) is 11.3 Å². The van der Waals surface area contributed by atoms with Gasteiger partial charge in [-0.25, -0.2) is 0 Å². The summed E-state index contributed by atoms with van der Waals surface area (Å²) in [5, 5.41) is 20.4. The van der Waals surface area contributed by atoms with Crippen molar-refractivity contribution in [1.29, 1.82) is 5.26 Å². The molecule has 0 unspecified atom stereocenters. The van der Waals surface area contributed by atoms with Crippen molar-refractivity contribution >= 4 is 45.6 Å². The number of halogens is 1. The normalized spacial score (nSPS) is 19.4. The SMILES string of the molecule is CC(C)Sc1nnc(N2C(N)=C(C#N)[C@H](c3ccc(-c4ccccc4Cl)o3)C3=C2CC(C)(C)CC3=O)s1. The molecule has 1 atom stereocenters. The lowest BCUT2D eigenvalue weighted by molar-refractivity contribution is -0.118. The largest absolute Gasteiger partial charge is 0.460 e. The lowest BCUT2D eigenvalue weighted by atomic mass is 9.69. The van der Waals surface area contributed by atoms with Crippen LogP contribution in [-0.4, -0.2) is 21.2 Å². The first kappa shape index (κ1) is 25.6. The van der Waals surface area contributed by atoms with Crippen molar-refractivity contribution in [2.75, 3.05) is 4.90 Å². The molecule has 190 valence electrons. The Morgan fingerprint density at radius 2 is 2.00 bits per heavy atom. The van der Waals surface area contributed by atoms with E-state index in [1.807, 2.05) is 24.3 Å². The van der Waals surface area contributed by atoms with E-state index in [2.05, 4.69) is 44.0 Å². The van der Waals surface area contributed by atoms with Crippen molar-refractivity contribution < 1.29 is 9.21 Å². The molecule has 1 aromatic carbocycles. The maximum atomic E-state index is 13.7. The molecule has 0 bridgehead atoms. The van der Waals surface area contributed by atoms with Crippen LogP contribution >= 0.6 is 34.7 Å². The number of nitrogens with zero attached hydrogens (tertiary/aromatic N) is 4. The molecule has 3 heterocycles. The third-order valence-corrected chi connectivity index (χ3v) is 8.68. The van der Waals surface area contributed by atoms with Gasteiger partial charge in [0.2, 0.25) is 5.13 Å². The second kappa shape index (κ2) is 9.67. The number of benzene rings is 1. The third kappa shape index (κ3) is 4.70.